The maximum Gasteiger partial charge on any atom is 0.255 e. The molecule has 5 heterocycles. The topological polar surface area (TPSA) is 105 Å². The maximum atomic E-state index is 13.2. The van der Waals surface area contributed by atoms with Crippen LogP contribution < -0.4 is 10.1 Å². The van der Waals surface area contributed by atoms with Gasteiger partial charge >= 0.3 is 0 Å². The molecule has 2 fully saturated rings. The largest absolute Gasteiger partial charge is 0.492 e. The normalized spacial score (nSPS) is 22.4. The Morgan fingerprint density at radius 3 is 2.76 bits per heavy atom. The summed E-state index contributed by atoms with van der Waals surface area (Å²) in [7, 11) is 0. The number of fused-ring (bicyclic) bond motifs is 4. The van der Waals surface area contributed by atoms with Crippen LogP contribution in [0.25, 0.3) is 11.3 Å². The quantitative estimate of drug-likeness (QED) is 0.536. The van der Waals surface area contributed by atoms with E-state index in [1.165, 1.54) is 17.5 Å². The van der Waals surface area contributed by atoms with Gasteiger partial charge in [-0.15, -0.1) is 0 Å². The lowest BCUT2D eigenvalue weighted by Crippen LogP contribution is -2.52. The van der Waals surface area contributed by atoms with E-state index in [0.717, 1.165) is 55.1 Å². The van der Waals surface area contributed by atoms with Crippen LogP contribution >= 0.6 is 0 Å². The van der Waals surface area contributed by atoms with Crippen molar-refractivity contribution >= 4 is 17.7 Å². The molecular formula is C29H28N4O5. The van der Waals surface area contributed by atoms with E-state index in [-0.39, 0.29) is 23.7 Å². The molecule has 1 atom stereocenters. The Hall–Kier alpha value is -3.98. The molecule has 3 aromatic rings. The fourth-order valence-electron chi connectivity index (χ4n) is 6.48. The molecule has 1 unspecified atom stereocenters. The van der Waals surface area contributed by atoms with Gasteiger partial charge in [0.15, 0.2) is 12.2 Å². The van der Waals surface area contributed by atoms with E-state index in [4.69, 9.17) is 9.15 Å². The first kappa shape index (κ1) is 23.2. The van der Waals surface area contributed by atoms with Gasteiger partial charge < -0.3 is 14.1 Å². The van der Waals surface area contributed by atoms with Gasteiger partial charge in [-0.2, -0.15) is 0 Å². The summed E-state index contributed by atoms with van der Waals surface area (Å²) in [6.45, 7) is 3.72. The van der Waals surface area contributed by atoms with Gasteiger partial charge in [0.25, 0.3) is 5.91 Å². The number of hydrogen-bond donors (Lipinski definition) is 1. The van der Waals surface area contributed by atoms with E-state index in [1.54, 1.807) is 11.1 Å². The third-order valence-corrected chi connectivity index (χ3v) is 8.59. The minimum Gasteiger partial charge on any atom is -0.492 e. The lowest BCUT2D eigenvalue weighted by Gasteiger charge is -2.38. The number of carbonyl (C=O) groups excluding carboxylic acids is 3. The van der Waals surface area contributed by atoms with Crippen LogP contribution in [-0.2, 0) is 28.1 Å². The molecule has 0 saturated carbocycles. The third-order valence-electron chi connectivity index (χ3n) is 8.59. The van der Waals surface area contributed by atoms with Gasteiger partial charge in [-0.05, 0) is 50.0 Å². The second-order valence-corrected chi connectivity index (χ2v) is 10.8. The van der Waals surface area contributed by atoms with Crippen molar-refractivity contribution in [2.45, 2.75) is 50.2 Å². The van der Waals surface area contributed by atoms with Crippen LogP contribution in [0.15, 0.2) is 53.4 Å². The summed E-state index contributed by atoms with van der Waals surface area (Å²) in [6.07, 6.45) is 5.74. The van der Waals surface area contributed by atoms with E-state index in [0.29, 0.717) is 25.1 Å². The van der Waals surface area contributed by atoms with Crippen molar-refractivity contribution in [3.8, 4) is 17.1 Å². The van der Waals surface area contributed by atoms with Gasteiger partial charge in [0.1, 0.15) is 11.8 Å². The van der Waals surface area contributed by atoms with E-state index in [9.17, 15) is 14.4 Å². The molecule has 9 nitrogen and oxygen atoms in total. The number of nitrogens with one attached hydrogen (secondary N) is 1. The summed E-state index contributed by atoms with van der Waals surface area (Å²) >= 11 is 0. The van der Waals surface area contributed by atoms with Crippen molar-refractivity contribution < 1.29 is 23.5 Å². The Morgan fingerprint density at radius 2 is 1.97 bits per heavy atom. The molecule has 9 heteroatoms. The lowest BCUT2D eigenvalue weighted by molar-refractivity contribution is -0.136. The minimum absolute atomic E-state index is 0.0619. The van der Waals surface area contributed by atoms with Crippen LogP contribution in [0.1, 0.15) is 52.7 Å². The minimum atomic E-state index is -0.621. The highest BCUT2D eigenvalue weighted by Crippen LogP contribution is 2.49. The molecule has 0 bridgehead atoms. The number of likely N-dealkylation sites (tertiary alicyclic amines) is 1. The Balaban J connectivity index is 1.06. The van der Waals surface area contributed by atoms with E-state index in [2.05, 4.69) is 39.5 Å². The molecule has 1 N–H and O–H groups in total. The molecule has 2 saturated heterocycles. The first-order chi connectivity index (χ1) is 18.5. The number of nitrogens with zero attached hydrogens (tertiary/aromatic N) is 3. The summed E-state index contributed by atoms with van der Waals surface area (Å²) in [5.41, 5.74) is 4.87. The van der Waals surface area contributed by atoms with Crippen molar-refractivity contribution in [2.75, 3.05) is 19.7 Å². The molecule has 4 aliphatic heterocycles. The molecule has 7 rings (SSSR count). The maximum absolute atomic E-state index is 13.2. The molecule has 38 heavy (non-hydrogen) atoms. The van der Waals surface area contributed by atoms with Gasteiger partial charge in [0.2, 0.25) is 11.8 Å². The van der Waals surface area contributed by atoms with Crippen molar-refractivity contribution in [1.82, 2.24) is 20.1 Å². The van der Waals surface area contributed by atoms with E-state index >= 15 is 0 Å². The fraction of sp³-hybridized carbons (Fsp3) is 0.379. The van der Waals surface area contributed by atoms with Gasteiger partial charge in [-0.25, -0.2) is 4.98 Å². The Bertz CT molecular complexity index is 1440. The first-order valence-electron chi connectivity index (χ1n) is 13.1. The van der Waals surface area contributed by atoms with Crippen LogP contribution in [0, 0.1) is 0 Å². The van der Waals surface area contributed by atoms with Crippen LogP contribution in [0.4, 0.5) is 0 Å². The van der Waals surface area contributed by atoms with Crippen molar-refractivity contribution in [1.29, 1.82) is 0 Å². The first-order valence-corrected chi connectivity index (χ1v) is 13.1. The molecule has 0 aliphatic carbocycles. The van der Waals surface area contributed by atoms with Gasteiger partial charge in [0, 0.05) is 40.6 Å². The Morgan fingerprint density at radius 1 is 1.11 bits per heavy atom. The van der Waals surface area contributed by atoms with Crippen molar-refractivity contribution in [2.24, 2.45) is 0 Å². The molecular weight excluding hydrogens is 484 g/mol. The second kappa shape index (κ2) is 8.80. The highest BCUT2D eigenvalue weighted by Gasteiger charge is 2.47. The standard InChI is InChI=1S/C29H28N4O5/c34-25-7-6-23(27(35)31-25)33-15-21-20(28(33)36)4-5-22-26(21)37-16-29(22)8-10-32(11-9-29)14-18-2-1-3-19(12-18)24-13-30-17-38-24/h1-5,12-13,17,23H,6-11,14-16H2,(H,31,34,35). The summed E-state index contributed by atoms with van der Waals surface area (Å²) in [5.74, 6) is 0.750. The van der Waals surface area contributed by atoms with Crippen LogP contribution in [-0.4, -0.2) is 58.2 Å². The number of carbonyl (C=O) groups is 3. The van der Waals surface area contributed by atoms with Crippen LogP contribution in [0.3, 0.4) is 0 Å². The number of hydrogen-bond acceptors (Lipinski definition) is 7. The number of ether oxygens (including phenoxy) is 1. The molecule has 4 aliphatic rings. The number of amides is 3. The monoisotopic (exact) mass is 512 g/mol. The van der Waals surface area contributed by atoms with Gasteiger partial charge in [0.05, 0.1) is 19.3 Å². The van der Waals surface area contributed by atoms with E-state index < -0.39 is 11.9 Å². The second-order valence-electron chi connectivity index (χ2n) is 10.8. The highest BCUT2D eigenvalue weighted by atomic mass is 16.5. The smallest absolute Gasteiger partial charge is 0.255 e. The van der Waals surface area contributed by atoms with Gasteiger partial charge in [-0.3, -0.25) is 24.6 Å². The predicted molar refractivity (Wildman–Crippen MR) is 136 cm³/mol. The highest BCUT2D eigenvalue weighted by molar-refractivity contribution is 6.05. The predicted octanol–water partition coefficient (Wildman–Crippen LogP) is 3.03. The average Bonchev–Trinajstić information content (AvgIpc) is 3.65. The number of benzene rings is 2. The molecule has 3 amide bonds. The number of imide groups is 1. The Labute approximate surface area is 219 Å². The molecule has 2 aromatic carbocycles. The molecule has 0 radical (unpaired) electrons. The summed E-state index contributed by atoms with van der Waals surface area (Å²) in [4.78, 5) is 45.3. The third kappa shape index (κ3) is 3.72. The average molecular weight is 513 g/mol. The van der Waals surface area contributed by atoms with Crippen molar-refractivity contribution in [3.05, 3.63) is 71.2 Å². The molecule has 1 aromatic heterocycles. The van der Waals surface area contributed by atoms with Gasteiger partial charge in [-0.1, -0.05) is 24.3 Å². The summed E-state index contributed by atoms with van der Waals surface area (Å²) in [6, 6.07) is 11.7. The number of rotatable bonds is 4. The Kier molecular flexibility index (Phi) is 5.36. The zero-order valence-corrected chi connectivity index (χ0v) is 20.9. The SMILES string of the molecule is O=C1CCC(N2Cc3c(ccc4c3OCC43CCN(Cc4cccc(-c5cnco5)c4)CC3)C2=O)C(=O)N1. The van der Waals surface area contributed by atoms with Crippen molar-refractivity contribution in [3.63, 3.8) is 0 Å². The number of oxazole rings is 1. The number of piperidine rings is 2. The lowest BCUT2D eigenvalue weighted by atomic mass is 9.74. The molecule has 1 spiro atoms. The summed E-state index contributed by atoms with van der Waals surface area (Å²) < 4.78 is 11.8. The molecule has 194 valence electrons. The summed E-state index contributed by atoms with van der Waals surface area (Å²) in [5, 5.41) is 2.37. The number of aromatic nitrogens is 1. The zero-order valence-electron chi connectivity index (χ0n) is 20.9. The van der Waals surface area contributed by atoms with Crippen LogP contribution in [0.5, 0.6) is 5.75 Å². The van der Waals surface area contributed by atoms with Crippen LogP contribution in [0.2, 0.25) is 0 Å². The fourth-order valence-corrected chi connectivity index (χ4v) is 6.48. The zero-order chi connectivity index (χ0) is 25.9. The van der Waals surface area contributed by atoms with E-state index in [1.807, 2.05) is 12.1 Å².